The van der Waals surface area contributed by atoms with Crippen molar-refractivity contribution in [2.75, 3.05) is 29.6 Å². The number of aryl methyl sites for hydroxylation is 2. The van der Waals surface area contributed by atoms with Crippen LogP contribution in [0.1, 0.15) is 21.6 Å². The molecular weight excluding hydrogens is 338 g/mol. The van der Waals surface area contributed by atoms with Gasteiger partial charge in [-0.15, -0.1) is 10.2 Å². The Balaban J connectivity index is 1.68. The van der Waals surface area contributed by atoms with Crippen LogP contribution in [0.2, 0.25) is 0 Å². The third kappa shape index (κ3) is 4.41. The number of aromatic nitrogens is 2. The number of anilines is 4. The van der Waals surface area contributed by atoms with Crippen LogP contribution < -0.4 is 15.5 Å². The zero-order valence-corrected chi connectivity index (χ0v) is 15.9. The summed E-state index contributed by atoms with van der Waals surface area (Å²) < 4.78 is 0. The molecule has 2 aromatic carbocycles. The smallest absolute Gasteiger partial charge is 0.276 e. The van der Waals surface area contributed by atoms with E-state index in [-0.39, 0.29) is 11.6 Å². The maximum absolute atomic E-state index is 12.4. The minimum absolute atomic E-state index is 0.263. The summed E-state index contributed by atoms with van der Waals surface area (Å²) in [6.45, 7) is 4.07. The first-order chi connectivity index (χ1) is 12.9. The number of carbonyl (C=O) groups is 1. The highest BCUT2D eigenvalue weighted by Crippen LogP contribution is 2.23. The van der Waals surface area contributed by atoms with E-state index in [2.05, 4.69) is 20.8 Å². The maximum Gasteiger partial charge on any atom is 0.276 e. The van der Waals surface area contributed by atoms with Gasteiger partial charge in [-0.3, -0.25) is 4.79 Å². The van der Waals surface area contributed by atoms with E-state index in [1.165, 1.54) is 0 Å². The Labute approximate surface area is 159 Å². The van der Waals surface area contributed by atoms with Crippen molar-refractivity contribution in [2.45, 2.75) is 13.8 Å². The van der Waals surface area contributed by atoms with Gasteiger partial charge in [-0.2, -0.15) is 0 Å². The van der Waals surface area contributed by atoms with Crippen LogP contribution in [0.25, 0.3) is 0 Å². The lowest BCUT2D eigenvalue weighted by molar-refractivity contribution is 0.102. The molecule has 0 spiro atoms. The van der Waals surface area contributed by atoms with E-state index in [0.717, 1.165) is 22.5 Å². The Kier molecular flexibility index (Phi) is 5.35. The molecule has 0 unspecified atom stereocenters. The van der Waals surface area contributed by atoms with Crippen LogP contribution in [0.3, 0.4) is 0 Å². The summed E-state index contributed by atoms with van der Waals surface area (Å²) in [7, 11) is 3.94. The molecule has 1 aromatic heterocycles. The molecule has 0 aliphatic heterocycles. The van der Waals surface area contributed by atoms with E-state index in [0.29, 0.717) is 11.5 Å². The molecule has 1 amide bonds. The molecule has 0 saturated carbocycles. The fourth-order valence-electron chi connectivity index (χ4n) is 2.70. The normalized spacial score (nSPS) is 10.4. The lowest BCUT2D eigenvalue weighted by Gasteiger charge is -2.13. The molecule has 1 heterocycles. The predicted octanol–water partition coefficient (Wildman–Crippen LogP) is 4.16. The van der Waals surface area contributed by atoms with Gasteiger partial charge in [0, 0.05) is 31.2 Å². The summed E-state index contributed by atoms with van der Waals surface area (Å²) in [6.07, 6.45) is 0. The number of hydrogen-bond donors (Lipinski definition) is 2. The van der Waals surface area contributed by atoms with Gasteiger partial charge in [0.25, 0.3) is 5.91 Å². The maximum atomic E-state index is 12.4. The van der Waals surface area contributed by atoms with E-state index < -0.39 is 0 Å². The van der Waals surface area contributed by atoms with Gasteiger partial charge in [0.1, 0.15) is 0 Å². The Bertz CT molecular complexity index is 914. The average molecular weight is 361 g/mol. The van der Waals surface area contributed by atoms with Crippen molar-refractivity contribution in [2.24, 2.45) is 0 Å². The molecule has 0 bridgehead atoms. The van der Waals surface area contributed by atoms with Crippen molar-refractivity contribution in [3.63, 3.8) is 0 Å². The van der Waals surface area contributed by atoms with Crippen LogP contribution in [0.15, 0.2) is 54.6 Å². The van der Waals surface area contributed by atoms with E-state index in [1.54, 1.807) is 12.1 Å². The second kappa shape index (κ2) is 7.86. The first kappa shape index (κ1) is 18.4. The Morgan fingerprint density at radius 2 is 1.56 bits per heavy atom. The summed E-state index contributed by atoms with van der Waals surface area (Å²) in [5, 5.41) is 14.3. The molecule has 0 atom stereocenters. The number of para-hydroxylation sites is 1. The number of nitrogens with one attached hydrogen (secondary N) is 2. The Morgan fingerprint density at radius 3 is 2.11 bits per heavy atom. The minimum atomic E-state index is -0.293. The Hall–Kier alpha value is -3.41. The molecule has 0 aliphatic carbocycles. The number of hydrogen-bond acceptors (Lipinski definition) is 5. The number of nitrogens with zero attached hydrogens (tertiary/aromatic N) is 3. The molecule has 0 aliphatic rings. The van der Waals surface area contributed by atoms with Gasteiger partial charge < -0.3 is 15.5 Å². The molecule has 27 heavy (non-hydrogen) atoms. The molecule has 6 heteroatoms. The summed E-state index contributed by atoms with van der Waals surface area (Å²) in [5.41, 5.74) is 5.29. The van der Waals surface area contributed by atoms with Crippen LogP contribution in [0.5, 0.6) is 0 Å². The molecule has 138 valence electrons. The number of benzene rings is 2. The van der Waals surface area contributed by atoms with Gasteiger partial charge in [0.2, 0.25) is 0 Å². The van der Waals surface area contributed by atoms with Crippen LogP contribution in [0, 0.1) is 13.8 Å². The third-order valence-corrected chi connectivity index (χ3v) is 4.27. The van der Waals surface area contributed by atoms with Crippen molar-refractivity contribution in [3.8, 4) is 0 Å². The molecule has 3 aromatic rings. The minimum Gasteiger partial charge on any atom is -0.378 e. The summed E-state index contributed by atoms with van der Waals surface area (Å²) in [6, 6.07) is 17.1. The van der Waals surface area contributed by atoms with Gasteiger partial charge in [0.15, 0.2) is 11.5 Å². The zero-order chi connectivity index (χ0) is 19.4. The van der Waals surface area contributed by atoms with Crippen molar-refractivity contribution in [1.29, 1.82) is 0 Å². The number of amides is 1. The van der Waals surface area contributed by atoms with Crippen molar-refractivity contribution >= 4 is 28.8 Å². The first-order valence-corrected chi connectivity index (χ1v) is 8.70. The topological polar surface area (TPSA) is 70.2 Å². The van der Waals surface area contributed by atoms with Crippen LogP contribution >= 0.6 is 0 Å². The molecule has 0 fully saturated rings. The number of rotatable bonds is 5. The molecule has 0 saturated heterocycles. The van der Waals surface area contributed by atoms with E-state index in [9.17, 15) is 4.79 Å². The highest BCUT2D eigenvalue weighted by molar-refractivity contribution is 6.02. The summed E-state index contributed by atoms with van der Waals surface area (Å²) in [5.74, 6) is 0.304. The predicted molar refractivity (Wildman–Crippen MR) is 110 cm³/mol. The monoisotopic (exact) mass is 361 g/mol. The molecule has 2 N–H and O–H groups in total. The Morgan fingerprint density at radius 1 is 0.889 bits per heavy atom. The van der Waals surface area contributed by atoms with Crippen molar-refractivity contribution in [1.82, 2.24) is 10.2 Å². The molecular formula is C21H23N5O. The summed E-state index contributed by atoms with van der Waals surface area (Å²) >= 11 is 0. The van der Waals surface area contributed by atoms with E-state index in [1.807, 2.05) is 75.3 Å². The second-order valence-corrected chi connectivity index (χ2v) is 6.59. The summed E-state index contributed by atoms with van der Waals surface area (Å²) in [4.78, 5) is 14.4. The third-order valence-electron chi connectivity index (χ3n) is 4.27. The first-order valence-electron chi connectivity index (χ1n) is 8.70. The van der Waals surface area contributed by atoms with Crippen LogP contribution in [0.4, 0.5) is 22.9 Å². The highest BCUT2D eigenvalue weighted by atomic mass is 16.1. The standard InChI is InChI=1S/C21H23N5O/c1-14-6-5-7-15(2)20(14)23-19-13-12-18(24-25-19)21(27)22-16-8-10-17(11-9-16)26(3)4/h5-13H,1-4H3,(H,22,27)(H,23,25). The lowest BCUT2D eigenvalue weighted by Crippen LogP contribution is -2.15. The zero-order valence-electron chi connectivity index (χ0n) is 15.9. The lowest BCUT2D eigenvalue weighted by atomic mass is 10.1. The number of carbonyl (C=O) groups excluding carboxylic acids is 1. The molecule has 0 radical (unpaired) electrons. The fraction of sp³-hybridized carbons (Fsp3) is 0.190. The van der Waals surface area contributed by atoms with Gasteiger partial charge in [0.05, 0.1) is 0 Å². The fourth-order valence-corrected chi connectivity index (χ4v) is 2.70. The van der Waals surface area contributed by atoms with Crippen LogP contribution in [-0.4, -0.2) is 30.2 Å². The van der Waals surface area contributed by atoms with Crippen molar-refractivity contribution in [3.05, 3.63) is 71.4 Å². The van der Waals surface area contributed by atoms with Gasteiger partial charge >= 0.3 is 0 Å². The quantitative estimate of drug-likeness (QED) is 0.714. The van der Waals surface area contributed by atoms with Gasteiger partial charge in [-0.05, 0) is 61.4 Å². The van der Waals surface area contributed by atoms with E-state index in [4.69, 9.17) is 0 Å². The van der Waals surface area contributed by atoms with Gasteiger partial charge in [-0.25, -0.2) is 0 Å². The second-order valence-electron chi connectivity index (χ2n) is 6.59. The van der Waals surface area contributed by atoms with Crippen LogP contribution in [-0.2, 0) is 0 Å². The average Bonchev–Trinajstić information content (AvgIpc) is 2.66. The SMILES string of the molecule is Cc1cccc(C)c1Nc1ccc(C(=O)Nc2ccc(N(C)C)cc2)nn1. The van der Waals surface area contributed by atoms with Gasteiger partial charge in [-0.1, -0.05) is 18.2 Å². The molecule has 6 nitrogen and oxygen atoms in total. The van der Waals surface area contributed by atoms with Crippen molar-refractivity contribution < 1.29 is 4.79 Å². The largest absolute Gasteiger partial charge is 0.378 e. The highest BCUT2D eigenvalue weighted by Gasteiger charge is 2.10. The van der Waals surface area contributed by atoms with E-state index >= 15 is 0 Å². The molecule has 3 rings (SSSR count).